The Kier molecular flexibility index (Phi) is 6.61. The van der Waals surface area contributed by atoms with Gasteiger partial charge in [0.25, 0.3) is 5.91 Å². The first-order valence-electron chi connectivity index (χ1n) is 7.80. The van der Waals surface area contributed by atoms with Crippen molar-refractivity contribution in [2.45, 2.75) is 52.7 Å². The molecule has 0 spiro atoms. The van der Waals surface area contributed by atoms with Gasteiger partial charge in [0.15, 0.2) is 6.10 Å². The lowest BCUT2D eigenvalue weighted by atomic mass is 9.98. The molecule has 5 nitrogen and oxygen atoms in total. The van der Waals surface area contributed by atoms with Gasteiger partial charge >= 0.3 is 5.97 Å². The normalized spacial score (nSPS) is 13.4. The van der Waals surface area contributed by atoms with Crippen molar-refractivity contribution in [2.75, 3.05) is 14.2 Å². The van der Waals surface area contributed by atoms with Gasteiger partial charge in [0.1, 0.15) is 11.8 Å². The number of nitrogens with zero attached hydrogens (tertiary/aromatic N) is 1. The number of esters is 1. The zero-order valence-electron chi connectivity index (χ0n) is 15.0. The van der Waals surface area contributed by atoms with Gasteiger partial charge in [-0.3, -0.25) is 4.79 Å². The topological polar surface area (TPSA) is 55.8 Å². The highest BCUT2D eigenvalue weighted by Gasteiger charge is 2.27. The third kappa shape index (κ3) is 4.71. The summed E-state index contributed by atoms with van der Waals surface area (Å²) in [6, 6.07) is 5.18. The van der Waals surface area contributed by atoms with E-state index in [1.807, 2.05) is 25.1 Å². The number of carbonyl (C=O) groups is 2. The summed E-state index contributed by atoms with van der Waals surface area (Å²) >= 11 is 0. The van der Waals surface area contributed by atoms with Crippen LogP contribution in [-0.4, -0.2) is 43.1 Å². The van der Waals surface area contributed by atoms with Gasteiger partial charge in [-0.25, -0.2) is 4.79 Å². The van der Waals surface area contributed by atoms with Gasteiger partial charge < -0.3 is 14.4 Å². The van der Waals surface area contributed by atoms with E-state index < -0.39 is 18.1 Å². The summed E-state index contributed by atoms with van der Waals surface area (Å²) in [6.45, 7) is 9.60. The fraction of sp³-hybridized carbons (Fsp3) is 0.556. The first-order valence-corrected chi connectivity index (χ1v) is 7.80. The maximum atomic E-state index is 12.4. The molecule has 0 aromatic heterocycles. The fourth-order valence-corrected chi connectivity index (χ4v) is 2.43. The molecule has 1 aromatic rings. The molecule has 1 aromatic carbocycles. The lowest BCUT2D eigenvalue weighted by Gasteiger charge is -2.26. The largest absolute Gasteiger partial charge is 0.481 e. The highest BCUT2D eigenvalue weighted by molar-refractivity contribution is 5.86. The van der Waals surface area contributed by atoms with Crippen LogP contribution in [0.2, 0.25) is 0 Å². The quantitative estimate of drug-likeness (QED) is 0.756. The third-order valence-electron chi connectivity index (χ3n) is 3.99. The van der Waals surface area contributed by atoms with E-state index in [9.17, 15) is 9.59 Å². The molecule has 2 atom stereocenters. The molecule has 0 aliphatic heterocycles. The Balaban J connectivity index is 2.79. The van der Waals surface area contributed by atoms with Crippen LogP contribution in [0.1, 0.15) is 44.7 Å². The Morgan fingerprint density at radius 1 is 1.13 bits per heavy atom. The summed E-state index contributed by atoms with van der Waals surface area (Å²) in [5.41, 5.74) is 2.39. The molecule has 2 unspecified atom stereocenters. The predicted molar refractivity (Wildman–Crippen MR) is 89.6 cm³/mol. The number of hydrogen-bond acceptors (Lipinski definition) is 4. The van der Waals surface area contributed by atoms with Crippen molar-refractivity contribution in [3.05, 3.63) is 29.3 Å². The van der Waals surface area contributed by atoms with E-state index >= 15 is 0 Å². The van der Waals surface area contributed by atoms with E-state index in [4.69, 9.17) is 4.74 Å². The van der Waals surface area contributed by atoms with Crippen LogP contribution in [0.4, 0.5) is 0 Å². The molecule has 0 N–H and O–H groups in total. The molecule has 1 amide bonds. The van der Waals surface area contributed by atoms with E-state index in [0.29, 0.717) is 11.7 Å². The summed E-state index contributed by atoms with van der Waals surface area (Å²) in [6.07, 6.45) is -0.684. The third-order valence-corrected chi connectivity index (χ3v) is 3.99. The molecule has 0 saturated heterocycles. The number of benzene rings is 1. The molecule has 0 fully saturated rings. The molecule has 0 saturated carbocycles. The zero-order chi connectivity index (χ0) is 17.7. The van der Waals surface area contributed by atoms with Gasteiger partial charge in [-0.15, -0.1) is 0 Å². The lowest BCUT2D eigenvalue weighted by Crippen LogP contribution is -2.46. The minimum atomic E-state index is -0.684. The van der Waals surface area contributed by atoms with Crippen molar-refractivity contribution < 1.29 is 19.1 Å². The van der Waals surface area contributed by atoms with Crippen molar-refractivity contribution in [2.24, 2.45) is 0 Å². The van der Waals surface area contributed by atoms with Crippen LogP contribution in [0.25, 0.3) is 0 Å². The number of carbonyl (C=O) groups excluding carboxylic acids is 2. The van der Waals surface area contributed by atoms with Crippen LogP contribution in [0, 0.1) is 6.92 Å². The monoisotopic (exact) mass is 321 g/mol. The summed E-state index contributed by atoms with van der Waals surface area (Å²) < 4.78 is 10.4. The molecule has 0 heterocycles. The van der Waals surface area contributed by atoms with Crippen LogP contribution >= 0.6 is 0 Å². The SMILES string of the molecule is COC(=O)C(C)N(C)C(=O)C(C)Oc1ccc(C(C)C)c(C)c1. The van der Waals surface area contributed by atoms with Gasteiger partial charge in [-0.2, -0.15) is 0 Å². The molecular weight excluding hydrogens is 294 g/mol. The molecule has 1 rings (SSSR count). The van der Waals surface area contributed by atoms with Crippen LogP contribution in [0.5, 0.6) is 5.75 Å². The minimum absolute atomic E-state index is 0.270. The van der Waals surface area contributed by atoms with Gasteiger partial charge in [0.05, 0.1) is 7.11 Å². The first kappa shape index (κ1) is 19.0. The first-order chi connectivity index (χ1) is 10.7. The number of aryl methyl sites for hydroxylation is 1. The summed E-state index contributed by atoms with van der Waals surface area (Å²) in [7, 11) is 2.87. The second kappa shape index (κ2) is 7.99. The Bertz CT molecular complexity index is 568. The predicted octanol–water partition coefficient (Wildman–Crippen LogP) is 2.91. The highest BCUT2D eigenvalue weighted by atomic mass is 16.5. The molecule has 0 bridgehead atoms. The van der Waals surface area contributed by atoms with Gasteiger partial charge in [0, 0.05) is 7.05 Å². The number of rotatable bonds is 6. The average molecular weight is 321 g/mol. The molecule has 128 valence electrons. The smallest absolute Gasteiger partial charge is 0.328 e. The summed E-state index contributed by atoms with van der Waals surface area (Å²) in [5.74, 6) is 0.362. The Morgan fingerprint density at radius 2 is 1.74 bits per heavy atom. The fourth-order valence-electron chi connectivity index (χ4n) is 2.43. The van der Waals surface area contributed by atoms with Crippen LogP contribution < -0.4 is 4.74 Å². The molecule has 0 radical (unpaired) electrons. The standard InChI is InChI=1S/C18H27NO4/c1-11(2)16-9-8-15(10-12(16)3)23-14(5)17(20)19(6)13(4)18(21)22-7/h8-11,13-14H,1-7H3. The number of likely N-dealkylation sites (N-methyl/N-ethyl adjacent to an activating group) is 1. The highest BCUT2D eigenvalue weighted by Crippen LogP contribution is 2.24. The zero-order valence-corrected chi connectivity index (χ0v) is 15.0. The molecule has 0 aliphatic carbocycles. The van der Waals surface area contributed by atoms with Crippen molar-refractivity contribution in [3.63, 3.8) is 0 Å². The Hall–Kier alpha value is -2.04. The van der Waals surface area contributed by atoms with Crippen molar-refractivity contribution in [1.29, 1.82) is 0 Å². The number of ether oxygens (including phenoxy) is 2. The van der Waals surface area contributed by atoms with Crippen molar-refractivity contribution >= 4 is 11.9 Å². The van der Waals surface area contributed by atoms with Crippen LogP contribution in [0.15, 0.2) is 18.2 Å². The van der Waals surface area contributed by atoms with E-state index in [0.717, 1.165) is 5.56 Å². The average Bonchev–Trinajstić information content (AvgIpc) is 2.51. The van der Waals surface area contributed by atoms with E-state index in [2.05, 4.69) is 18.6 Å². The van der Waals surface area contributed by atoms with E-state index in [1.165, 1.54) is 17.6 Å². The van der Waals surface area contributed by atoms with E-state index in [-0.39, 0.29) is 5.91 Å². The van der Waals surface area contributed by atoms with E-state index in [1.54, 1.807) is 20.9 Å². The van der Waals surface area contributed by atoms with Gasteiger partial charge in [0.2, 0.25) is 0 Å². The van der Waals surface area contributed by atoms with Crippen molar-refractivity contribution in [3.8, 4) is 5.75 Å². The van der Waals surface area contributed by atoms with Crippen LogP contribution in [0.3, 0.4) is 0 Å². The number of hydrogen-bond donors (Lipinski definition) is 0. The molecule has 0 aliphatic rings. The maximum absolute atomic E-state index is 12.4. The second-order valence-corrected chi connectivity index (χ2v) is 6.08. The summed E-state index contributed by atoms with van der Waals surface area (Å²) in [4.78, 5) is 25.2. The van der Waals surface area contributed by atoms with Crippen LogP contribution in [-0.2, 0) is 14.3 Å². The second-order valence-electron chi connectivity index (χ2n) is 6.08. The Labute approximate surface area is 138 Å². The lowest BCUT2D eigenvalue weighted by molar-refractivity contribution is -0.153. The number of amides is 1. The maximum Gasteiger partial charge on any atom is 0.328 e. The molecule has 5 heteroatoms. The molecule has 23 heavy (non-hydrogen) atoms. The molecular formula is C18H27NO4. The number of methoxy groups -OCH3 is 1. The van der Waals surface area contributed by atoms with Gasteiger partial charge in [-0.05, 0) is 49.9 Å². The Morgan fingerprint density at radius 3 is 2.22 bits per heavy atom. The minimum Gasteiger partial charge on any atom is -0.481 e. The van der Waals surface area contributed by atoms with Gasteiger partial charge in [-0.1, -0.05) is 19.9 Å². The van der Waals surface area contributed by atoms with Crippen molar-refractivity contribution in [1.82, 2.24) is 4.90 Å². The summed E-state index contributed by atoms with van der Waals surface area (Å²) in [5, 5.41) is 0.